The molecule has 0 aromatic carbocycles. The zero-order valence-electron chi connectivity index (χ0n) is 10.5. The molecule has 0 unspecified atom stereocenters. The molecule has 4 N–H and O–H groups in total. The number of rotatable bonds is 4. The van der Waals surface area contributed by atoms with E-state index in [0.29, 0.717) is 13.1 Å². The Morgan fingerprint density at radius 1 is 0.778 bits per heavy atom. The predicted octanol–water partition coefficient (Wildman–Crippen LogP) is 1.17. The molecule has 2 heterocycles. The molecule has 0 aliphatic rings. The molecule has 2 rings (SSSR count). The fourth-order valence-electron chi connectivity index (χ4n) is 1.43. The average molecular weight is 244 g/mol. The van der Waals surface area contributed by atoms with Gasteiger partial charge in [0.05, 0.1) is 0 Å². The SMILES string of the molecule is NCCc1cccnc1.NCCc1ccncc1. The Bertz CT molecular complexity index is 361. The van der Waals surface area contributed by atoms with E-state index in [1.54, 1.807) is 18.6 Å². The summed E-state index contributed by atoms with van der Waals surface area (Å²) in [5.41, 5.74) is 13.1. The van der Waals surface area contributed by atoms with Gasteiger partial charge in [-0.2, -0.15) is 0 Å². The monoisotopic (exact) mass is 244 g/mol. The number of hydrogen-bond donors (Lipinski definition) is 2. The Hall–Kier alpha value is -1.78. The summed E-state index contributed by atoms with van der Waals surface area (Å²) in [4.78, 5) is 7.83. The average Bonchev–Trinajstić information content (AvgIpc) is 2.43. The molecule has 0 saturated heterocycles. The van der Waals surface area contributed by atoms with Crippen LogP contribution in [0.1, 0.15) is 11.1 Å². The second-order valence-corrected chi connectivity index (χ2v) is 3.79. The maximum absolute atomic E-state index is 5.34. The fraction of sp³-hybridized carbons (Fsp3) is 0.286. The number of nitrogens with two attached hydrogens (primary N) is 2. The number of pyridine rings is 2. The molecule has 96 valence electrons. The summed E-state index contributed by atoms with van der Waals surface area (Å²) in [5.74, 6) is 0. The van der Waals surface area contributed by atoms with Crippen LogP contribution in [0.5, 0.6) is 0 Å². The van der Waals surface area contributed by atoms with Crippen molar-refractivity contribution in [3.8, 4) is 0 Å². The lowest BCUT2D eigenvalue weighted by atomic mass is 10.2. The van der Waals surface area contributed by atoms with E-state index in [4.69, 9.17) is 11.5 Å². The summed E-state index contributed by atoms with van der Waals surface area (Å²) in [6.45, 7) is 1.41. The molecule has 18 heavy (non-hydrogen) atoms. The Morgan fingerprint density at radius 2 is 1.44 bits per heavy atom. The van der Waals surface area contributed by atoms with Crippen molar-refractivity contribution < 1.29 is 0 Å². The highest BCUT2D eigenvalue weighted by Gasteiger charge is 1.86. The van der Waals surface area contributed by atoms with Gasteiger partial charge in [0.2, 0.25) is 0 Å². The molecule has 2 aromatic rings. The quantitative estimate of drug-likeness (QED) is 0.846. The summed E-state index contributed by atoms with van der Waals surface area (Å²) in [7, 11) is 0. The van der Waals surface area contributed by atoms with E-state index >= 15 is 0 Å². The normalized spacial score (nSPS) is 9.44. The number of hydrogen-bond acceptors (Lipinski definition) is 4. The van der Waals surface area contributed by atoms with Crippen LogP contribution in [0, 0.1) is 0 Å². The Kier molecular flexibility index (Phi) is 7.36. The maximum Gasteiger partial charge on any atom is 0.0300 e. The fourth-order valence-corrected chi connectivity index (χ4v) is 1.43. The first kappa shape index (κ1) is 14.3. The van der Waals surface area contributed by atoms with Crippen LogP contribution in [-0.4, -0.2) is 23.1 Å². The first-order chi connectivity index (χ1) is 8.86. The molecule has 4 nitrogen and oxygen atoms in total. The summed E-state index contributed by atoms with van der Waals surface area (Å²) >= 11 is 0. The molecular formula is C14H20N4. The van der Waals surface area contributed by atoms with Gasteiger partial charge in [-0.1, -0.05) is 6.07 Å². The van der Waals surface area contributed by atoms with E-state index in [9.17, 15) is 0 Å². The largest absolute Gasteiger partial charge is 0.330 e. The van der Waals surface area contributed by atoms with Gasteiger partial charge in [-0.05, 0) is 55.3 Å². The molecule has 0 radical (unpaired) electrons. The minimum absolute atomic E-state index is 0.700. The van der Waals surface area contributed by atoms with Gasteiger partial charge in [0.1, 0.15) is 0 Å². The van der Waals surface area contributed by atoms with Crippen LogP contribution in [0.4, 0.5) is 0 Å². The van der Waals surface area contributed by atoms with E-state index in [1.165, 1.54) is 11.1 Å². The lowest BCUT2D eigenvalue weighted by Gasteiger charge is -1.93. The second kappa shape index (κ2) is 9.27. The van der Waals surface area contributed by atoms with Crippen molar-refractivity contribution in [1.82, 2.24) is 9.97 Å². The van der Waals surface area contributed by atoms with Gasteiger partial charge in [-0.15, -0.1) is 0 Å². The zero-order chi connectivity index (χ0) is 13.1. The van der Waals surface area contributed by atoms with Crippen LogP contribution in [0.2, 0.25) is 0 Å². The minimum Gasteiger partial charge on any atom is -0.330 e. The topological polar surface area (TPSA) is 77.8 Å². The number of nitrogens with zero attached hydrogens (tertiary/aromatic N) is 2. The third-order valence-electron chi connectivity index (χ3n) is 2.34. The smallest absolute Gasteiger partial charge is 0.0300 e. The van der Waals surface area contributed by atoms with Gasteiger partial charge in [-0.3, -0.25) is 9.97 Å². The summed E-state index contributed by atoms with van der Waals surface area (Å²) in [5, 5.41) is 0. The highest BCUT2D eigenvalue weighted by molar-refractivity contribution is 5.09. The number of aromatic nitrogens is 2. The van der Waals surface area contributed by atoms with Crippen LogP contribution in [0.15, 0.2) is 49.1 Å². The molecular weight excluding hydrogens is 224 g/mol. The van der Waals surface area contributed by atoms with E-state index < -0.39 is 0 Å². The summed E-state index contributed by atoms with van der Waals surface area (Å²) in [6, 6.07) is 7.91. The summed E-state index contributed by atoms with van der Waals surface area (Å²) < 4.78 is 0. The van der Waals surface area contributed by atoms with Gasteiger partial charge in [0, 0.05) is 24.8 Å². The van der Waals surface area contributed by atoms with Crippen molar-refractivity contribution in [2.24, 2.45) is 11.5 Å². The van der Waals surface area contributed by atoms with Crippen molar-refractivity contribution >= 4 is 0 Å². The minimum atomic E-state index is 0.700. The van der Waals surface area contributed by atoms with Crippen LogP contribution >= 0.6 is 0 Å². The molecule has 0 spiro atoms. The van der Waals surface area contributed by atoms with Crippen molar-refractivity contribution in [2.75, 3.05) is 13.1 Å². The third-order valence-corrected chi connectivity index (χ3v) is 2.34. The van der Waals surface area contributed by atoms with E-state index in [1.807, 2.05) is 30.5 Å². The van der Waals surface area contributed by atoms with Gasteiger partial charge >= 0.3 is 0 Å². The predicted molar refractivity (Wildman–Crippen MR) is 74.0 cm³/mol. The highest BCUT2D eigenvalue weighted by Crippen LogP contribution is 1.94. The molecule has 4 heteroatoms. The van der Waals surface area contributed by atoms with E-state index in [2.05, 4.69) is 9.97 Å². The molecule has 0 atom stereocenters. The van der Waals surface area contributed by atoms with E-state index in [-0.39, 0.29) is 0 Å². The van der Waals surface area contributed by atoms with E-state index in [0.717, 1.165) is 12.8 Å². The van der Waals surface area contributed by atoms with Gasteiger partial charge in [0.25, 0.3) is 0 Å². The Labute approximate surface area is 108 Å². The van der Waals surface area contributed by atoms with Crippen LogP contribution < -0.4 is 11.5 Å². The van der Waals surface area contributed by atoms with Crippen LogP contribution in [0.25, 0.3) is 0 Å². The molecule has 0 bridgehead atoms. The third kappa shape index (κ3) is 6.08. The zero-order valence-corrected chi connectivity index (χ0v) is 10.5. The first-order valence-corrected chi connectivity index (χ1v) is 6.04. The molecule has 0 saturated carbocycles. The van der Waals surface area contributed by atoms with Crippen LogP contribution in [-0.2, 0) is 12.8 Å². The lowest BCUT2D eigenvalue weighted by Crippen LogP contribution is -2.02. The highest BCUT2D eigenvalue weighted by atomic mass is 14.6. The Morgan fingerprint density at radius 3 is 2.00 bits per heavy atom. The van der Waals surface area contributed by atoms with Crippen molar-refractivity contribution in [1.29, 1.82) is 0 Å². The molecule has 0 amide bonds. The standard InChI is InChI=1S/2C7H10N2/c8-4-1-7-2-5-9-6-3-7;8-4-3-7-2-1-5-9-6-7/h2-3,5-6H,1,4,8H2;1-2,5-6H,3-4,8H2. The molecule has 0 aliphatic heterocycles. The van der Waals surface area contributed by atoms with Crippen molar-refractivity contribution in [3.05, 3.63) is 60.2 Å². The lowest BCUT2D eigenvalue weighted by molar-refractivity contribution is 0.959. The van der Waals surface area contributed by atoms with Crippen LogP contribution in [0.3, 0.4) is 0 Å². The second-order valence-electron chi connectivity index (χ2n) is 3.79. The molecule has 0 aliphatic carbocycles. The van der Waals surface area contributed by atoms with Gasteiger partial charge < -0.3 is 11.5 Å². The van der Waals surface area contributed by atoms with Crippen molar-refractivity contribution in [2.45, 2.75) is 12.8 Å². The molecule has 2 aromatic heterocycles. The Balaban J connectivity index is 0.000000180. The maximum atomic E-state index is 5.34. The van der Waals surface area contributed by atoms with Gasteiger partial charge in [-0.25, -0.2) is 0 Å². The van der Waals surface area contributed by atoms with Gasteiger partial charge in [0.15, 0.2) is 0 Å². The molecule has 0 fully saturated rings. The first-order valence-electron chi connectivity index (χ1n) is 6.04. The summed E-state index contributed by atoms with van der Waals surface area (Å²) in [6.07, 6.45) is 9.04. The van der Waals surface area contributed by atoms with Crippen molar-refractivity contribution in [3.63, 3.8) is 0 Å².